The minimum Gasteiger partial charge on any atom is -0.462 e. The normalized spacial score (nSPS) is 15.3. The van der Waals surface area contributed by atoms with E-state index >= 15 is 0 Å². The lowest BCUT2D eigenvalue weighted by Crippen LogP contribution is -2.19. The molecule has 0 aromatic carbocycles. The summed E-state index contributed by atoms with van der Waals surface area (Å²) < 4.78 is 10.5. The maximum absolute atomic E-state index is 12.3. The summed E-state index contributed by atoms with van der Waals surface area (Å²) in [7, 11) is 0. The fraction of sp³-hybridized carbons (Fsp3) is 0.263. The highest BCUT2D eigenvalue weighted by Crippen LogP contribution is 2.23. The molecule has 2 aromatic rings. The number of esters is 1. The Kier molecular flexibility index (Phi) is 5.65. The molecule has 2 heterocycles. The second kappa shape index (κ2) is 8.31. The lowest BCUT2D eigenvalue weighted by Gasteiger charge is -2.16. The lowest BCUT2D eigenvalue weighted by molar-refractivity contribution is -0.136. The first-order valence-corrected chi connectivity index (χ1v) is 8.63. The van der Waals surface area contributed by atoms with Crippen LogP contribution in [-0.2, 0) is 16.0 Å². The van der Waals surface area contributed by atoms with E-state index in [9.17, 15) is 9.59 Å². The summed E-state index contributed by atoms with van der Waals surface area (Å²) in [6, 6.07) is 6.82. The number of nitrogens with two attached hydrogens (primary N) is 1. The maximum atomic E-state index is 12.3. The summed E-state index contributed by atoms with van der Waals surface area (Å²) in [5, 5.41) is 6.62. The number of hydrazone groups is 1. The Morgan fingerprint density at radius 3 is 3.00 bits per heavy atom. The number of aromatic nitrogens is 1. The van der Waals surface area contributed by atoms with E-state index in [-0.39, 0.29) is 17.9 Å². The Bertz CT molecular complexity index is 948. The van der Waals surface area contributed by atoms with Gasteiger partial charge in [-0.15, -0.1) is 0 Å². The first kappa shape index (κ1) is 18.4. The highest BCUT2D eigenvalue weighted by atomic mass is 16.5. The van der Waals surface area contributed by atoms with E-state index in [4.69, 9.17) is 15.0 Å². The van der Waals surface area contributed by atoms with Crippen molar-refractivity contribution in [2.75, 3.05) is 11.9 Å². The molecule has 0 saturated heterocycles. The van der Waals surface area contributed by atoms with Crippen molar-refractivity contribution in [3.8, 4) is 0 Å². The molecular weight excluding hydrogens is 348 g/mol. The van der Waals surface area contributed by atoms with Crippen LogP contribution in [0.25, 0.3) is 5.57 Å². The number of nitrogens with one attached hydrogen (secondary N) is 1. The summed E-state index contributed by atoms with van der Waals surface area (Å²) in [5.41, 5.74) is 1.65. The van der Waals surface area contributed by atoms with E-state index in [0.29, 0.717) is 35.6 Å². The maximum Gasteiger partial charge on any atom is 0.359 e. The smallest absolute Gasteiger partial charge is 0.359 e. The standard InChI is InChI=1S/C19H20N4O4/c1-2-26-18(24)13(14-6-3-4-9-21-14)11-22-16-10-12-15(23-20)7-5-8-17(12)27-19(16)25/h3-4,6,9-11,22H,2,5,7-8,20H2,1H3/b13-11-,23-15-. The summed E-state index contributed by atoms with van der Waals surface area (Å²) in [6.45, 7) is 1.94. The largest absolute Gasteiger partial charge is 0.462 e. The molecule has 8 heteroatoms. The zero-order valence-electron chi connectivity index (χ0n) is 14.9. The van der Waals surface area contributed by atoms with Crippen molar-refractivity contribution in [1.82, 2.24) is 4.98 Å². The van der Waals surface area contributed by atoms with Gasteiger partial charge in [-0.25, -0.2) is 9.59 Å². The topological polar surface area (TPSA) is 120 Å². The Labute approximate surface area is 155 Å². The van der Waals surface area contributed by atoms with Gasteiger partial charge in [0.05, 0.1) is 18.0 Å². The molecule has 8 nitrogen and oxygen atoms in total. The third-order valence-electron chi connectivity index (χ3n) is 4.12. The molecule has 1 aliphatic rings. The number of hydrogen-bond acceptors (Lipinski definition) is 8. The molecule has 0 amide bonds. The Morgan fingerprint density at radius 1 is 1.44 bits per heavy atom. The van der Waals surface area contributed by atoms with E-state index < -0.39 is 11.6 Å². The van der Waals surface area contributed by atoms with Crippen molar-refractivity contribution in [3.63, 3.8) is 0 Å². The van der Waals surface area contributed by atoms with Crippen molar-refractivity contribution in [3.05, 3.63) is 64.1 Å². The fourth-order valence-electron chi connectivity index (χ4n) is 2.84. The van der Waals surface area contributed by atoms with Gasteiger partial charge < -0.3 is 20.3 Å². The average molecular weight is 368 g/mol. The quantitative estimate of drug-likeness (QED) is 0.359. The molecule has 0 atom stereocenters. The van der Waals surface area contributed by atoms with Crippen LogP contribution >= 0.6 is 0 Å². The number of hydrogen-bond donors (Lipinski definition) is 2. The second-order valence-electron chi connectivity index (χ2n) is 5.85. The summed E-state index contributed by atoms with van der Waals surface area (Å²) in [6.07, 6.45) is 5.16. The molecule has 1 aliphatic carbocycles. The van der Waals surface area contributed by atoms with Crippen LogP contribution in [0.4, 0.5) is 5.69 Å². The van der Waals surface area contributed by atoms with Crippen molar-refractivity contribution in [2.45, 2.75) is 26.2 Å². The molecule has 3 rings (SSSR count). The minimum absolute atomic E-state index is 0.175. The molecule has 0 radical (unpaired) electrons. The second-order valence-corrected chi connectivity index (χ2v) is 5.85. The van der Waals surface area contributed by atoms with E-state index in [1.165, 1.54) is 6.20 Å². The molecule has 0 bridgehead atoms. The van der Waals surface area contributed by atoms with E-state index in [1.807, 2.05) is 0 Å². The molecule has 0 saturated carbocycles. The Morgan fingerprint density at radius 2 is 2.30 bits per heavy atom. The zero-order chi connectivity index (χ0) is 19.2. The lowest BCUT2D eigenvalue weighted by atomic mass is 9.95. The first-order valence-electron chi connectivity index (χ1n) is 8.63. The molecule has 0 fully saturated rings. The predicted molar refractivity (Wildman–Crippen MR) is 101 cm³/mol. The minimum atomic E-state index is -0.546. The van der Waals surface area contributed by atoms with Gasteiger partial charge in [-0.05, 0) is 38.0 Å². The highest BCUT2D eigenvalue weighted by Gasteiger charge is 2.21. The SMILES string of the molecule is CCOC(=O)/C(=C\Nc1cc2c(oc1=O)CCC/C2=N/N)c1ccccn1. The van der Waals surface area contributed by atoms with Crippen molar-refractivity contribution in [1.29, 1.82) is 0 Å². The number of pyridine rings is 1. The van der Waals surface area contributed by atoms with Gasteiger partial charge in [-0.1, -0.05) is 6.07 Å². The van der Waals surface area contributed by atoms with E-state index in [0.717, 1.165) is 6.42 Å². The Hall–Kier alpha value is -3.42. The number of nitrogens with zero attached hydrogens (tertiary/aromatic N) is 2. The Balaban J connectivity index is 1.97. The number of aryl methyl sites for hydroxylation is 1. The third-order valence-corrected chi connectivity index (χ3v) is 4.12. The van der Waals surface area contributed by atoms with Gasteiger partial charge in [0.1, 0.15) is 17.0 Å². The first-order chi connectivity index (χ1) is 13.1. The van der Waals surface area contributed by atoms with Gasteiger partial charge in [-0.2, -0.15) is 5.10 Å². The van der Waals surface area contributed by atoms with Crippen LogP contribution in [0.5, 0.6) is 0 Å². The summed E-state index contributed by atoms with van der Waals surface area (Å²) >= 11 is 0. The van der Waals surface area contributed by atoms with Gasteiger partial charge in [0.15, 0.2) is 0 Å². The number of carbonyl (C=O) groups is 1. The zero-order valence-corrected chi connectivity index (χ0v) is 14.9. The molecule has 2 aromatic heterocycles. The molecular formula is C19H20N4O4. The molecule has 0 spiro atoms. The van der Waals surface area contributed by atoms with Gasteiger partial charge >= 0.3 is 11.6 Å². The summed E-state index contributed by atoms with van der Waals surface area (Å²) in [4.78, 5) is 28.7. The molecule has 27 heavy (non-hydrogen) atoms. The van der Waals surface area contributed by atoms with Crippen LogP contribution in [-0.4, -0.2) is 23.3 Å². The van der Waals surface area contributed by atoms with Gasteiger partial charge in [0.2, 0.25) is 0 Å². The van der Waals surface area contributed by atoms with E-state index in [2.05, 4.69) is 15.4 Å². The average Bonchev–Trinajstić information content (AvgIpc) is 2.69. The van der Waals surface area contributed by atoms with Crippen LogP contribution in [0.15, 0.2) is 51.0 Å². The molecule has 0 aliphatic heterocycles. The molecule has 3 N–H and O–H groups in total. The van der Waals surface area contributed by atoms with Crippen LogP contribution in [0.3, 0.4) is 0 Å². The number of anilines is 1. The van der Waals surface area contributed by atoms with Gasteiger partial charge in [0, 0.05) is 24.4 Å². The molecule has 140 valence electrons. The van der Waals surface area contributed by atoms with Crippen LogP contribution in [0.2, 0.25) is 0 Å². The predicted octanol–water partition coefficient (Wildman–Crippen LogP) is 2.05. The number of rotatable bonds is 5. The van der Waals surface area contributed by atoms with Crippen LogP contribution in [0, 0.1) is 0 Å². The summed E-state index contributed by atoms with van der Waals surface area (Å²) in [5.74, 6) is 5.47. The van der Waals surface area contributed by atoms with E-state index in [1.54, 1.807) is 37.4 Å². The fourth-order valence-corrected chi connectivity index (χ4v) is 2.84. The number of fused-ring (bicyclic) bond motifs is 1. The third kappa shape index (κ3) is 4.05. The number of ether oxygens (including phenoxy) is 1. The van der Waals surface area contributed by atoms with Crippen molar-refractivity contribution >= 4 is 22.9 Å². The van der Waals surface area contributed by atoms with Crippen molar-refractivity contribution in [2.24, 2.45) is 10.9 Å². The van der Waals surface area contributed by atoms with Gasteiger partial charge in [-0.3, -0.25) is 4.98 Å². The number of carbonyl (C=O) groups excluding carboxylic acids is 1. The van der Waals surface area contributed by atoms with Gasteiger partial charge in [0.25, 0.3) is 0 Å². The van der Waals surface area contributed by atoms with Crippen LogP contribution in [0.1, 0.15) is 36.8 Å². The van der Waals surface area contributed by atoms with Crippen molar-refractivity contribution < 1.29 is 13.9 Å². The molecule has 0 unspecified atom stereocenters. The van der Waals surface area contributed by atoms with Crippen LogP contribution < -0.4 is 16.8 Å². The highest BCUT2D eigenvalue weighted by molar-refractivity contribution is 6.16. The monoisotopic (exact) mass is 368 g/mol.